The van der Waals surface area contributed by atoms with Crippen molar-refractivity contribution >= 4 is 0 Å². The van der Waals surface area contributed by atoms with Gasteiger partial charge in [-0.1, -0.05) is 30.3 Å². The highest BCUT2D eigenvalue weighted by Crippen LogP contribution is 2.53. The van der Waals surface area contributed by atoms with E-state index in [1.807, 2.05) is 0 Å². The number of hydrogen-bond acceptors (Lipinski definition) is 3. The standard InChI is InChI=1S/C15H22N2O/c16-17-14(12-6-10-18-11-7-12)15(8-9-15)13-4-2-1-3-5-13/h1-5,12,14,17H,6-11,16H2. The van der Waals surface area contributed by atoms with Crippen molar-refractivity contribution in [1.29, 1.82) is 0 Å². The zero-order chi connectivity index (χ0) is 12.4. The van der Waals surface area contributed by atoms with E-state index in [0.29, 0.717) is 12.0 Å². The lowest BCUT2D eigenvalue weighted by Gasteiger charge is -2.36. The molecule has 3 heteroatoms. The lowest BCUT2D eigenvalue weighted by atomic mass is 9.78. The first-order valence-electron chi connectivity index (χ1n) is 6.96. The fraction of sp³-hybridized carbons (Fsp3) is 0.600. The summed E-state index contributed by atoms with van der Waals surface area (Å²) in [6, 6.07) is 11.2. The zero-order valence-corrected chi connectivity index (χ0v) is 10.8. The molecule has 1 saturated carbocycles. The molecule has 2 fully saturated rings. The highest BCUT2D eigenvalue weighted by atomic mass is 16.5. The first-order chi connectivity index (χ1) is 8.87. The van der Waals surface area contributed by atoms with E-state index in [1.165, 1.54) is 18.4 Å². The van der Waals surface area contributed by atoms with Crippen LogP contribution in [0.1, 0.15) is 31.2 Å². The van der Waals surface area contributed by atoms with Gasteiger partial charge in [0.1, 0.15) is 0 Å². The summed E-state index contributed by atoms with van der Waals surface area (Å²) in [6.07, 6.45) is 4.76. The van der Waals surface area contributed by atoms with Gasteiger partial charge >= 0.3 is 0 Å². The fourth-order valence-corrected chi connectivity index (χ4v) is 3.48. The van der Waals surface area contributed by atoms with Gasteiger partial charge in [-0.15, -0.1) is 0 Å². The summed E-state index contributed by atoms with van der Waals surface area (Å²) in [4.78, 5) is 0. The van der Waals surface area contributed by atoms with Crippen LogP contribution < -0.4 is 11.3 Å². The van der Waals surface area contributed by atoms with Crippen LogP contribution in [0.15, 0.2) is 30.3 Å². The third-order valence-electron chi connectivity index (χ3n) is 4.65. The van der Waals surface area contributed by atoms with Crippen molar-refractivity contribution in [1.82, 2.24) is 5.43 Å². The SMILES string of the molecule is NNC(C1CCOCC1)C1(c2ccccc2)CC1. The van der Waals surface area contributed by atoms with Crippen LogP contribution in [0.3, 0.4) is 0 Å². The van der Waals surface area contributed by atoms with Crippen molar-refractivity contribution in [3.63, 3.8) is 0 Å². The molecule has 1 unspecified atom stereocenters. The van der Waals surface area contributed by atoms with Crippen molar-refractivity contribution in [2.75, 3.05) is 13.2 Å². The molecular weight excluding hydrogens is 224 g/mol. The summed E-state index contributed by atoms with van der Waals surface area (Å²) in [5, 5.41) is 0. The number of nitrogens with one attached hydrogen (secondary N) is 1. The summed E-state index contributed by atoms with van der Waals surface area (Å²) in [6.45, 7) is 1.77. The molecule has 0 amide bonds. The van der Waals surface area contributed by atoms with Crippen molar-refractivity contribution in [3.05, 3.63) is 35.9 Å². The van der Waals surface area contributed by atoms with E-state index in [2.05, 4.69) is 35.8 Å². The minimum Gasteiger partial charge on any atom is -0.381 e. The van der Waals surface area contributed by atoms with E-state index in [4.69, 9.17) is 10.6 Å². The number of ether oxygens (including phenoxy) is 1. The molecule has 1 aromatic carbocycles. The molecule has 3 N–H and O–H groups in total. The molecular formula is C15H22N2O. The molecule has 1 saturated heterocycles. The molecule has 0 radical (unpaired) electrons. The van der Waals surface area contributed by atoms with Crippen LogP contribution in [-0.4, -0.2) is 19.3 Å². The summed E-state index contributed by atoms with van der Waals surface area (Å²) < 4.78 is 5.46. The number of hydrazine groups is 1. The molecule has 0 bridgehead atoms. The third-order valence-corrected chi connectivity index (χ3v) is 4.65. The Labute approximate surface area is 109 Å². The molecule has 3 rings (SSSR count). The Bertz CT molecular complexity index is 383. The average Bonchev–Trinajstić information content (AvgIpc) is 3.24. The van der Waals surface area contributed by atoms with E-state index < -0.39 is 0 Å². The Morgan fingerprint density at radius 3 is 2.39 bits per heavy atom. The maximum Gasteiger partial charge on any atom is 0.0469 e. The summed E-state index contributed by atoms with van der Waals surface area (Å²) in [5.41, 5.74) is 4.84. The van der Waals surface area contributed by atoms with Crippen LogP contribution >= 0.6 is 0 Å². The summed E-state index contributed by atoms with van der Waals surface area (Å²) in [5.74, 6) is 6.52. The van der Waals surface area contributed by atoms with Crippen LogP contribution in [-0.2, 0) is 10.2 Å². The van der Waals surface area contributed by atoms with E-state index in [1.54, 1.807) is 0 Å². The molecule has 1 aliphatic carbocycles. The molecule has 2 aliphatic rings. The Kier molecular flexibility index (Phi) is 3.37. The fourth-order valence-electron chi connectivity index (χ4n) is 3.48. The van der Waals surface area contributed by atoms with E-state index in [9.17, 15) is 0 Å². The number of nitrogens with two attached hydrogens (primary N) is 1. The van der Waals surface area contributed by atoms with Gasteiger partial charge in [-0.3, -0.25) is 11.3 Å². The number of hydrogen-bond donors (Lipinski definition) is 2. The monoisotopic (exact) mass is 246 g/mol. The molecule has 0 spiro atoms. The van der Waals surface area contributed by atoms with Crippen LogP contribution in [0.4, 0.5) is 0 Å². The Hall–Kier alpha value is -0.900. The topological polar surface area (TPSA) is 47.3 Å². The number of benzene rings is 1. The zero-order valence-electron chi connectivity index (χ0n) is 10.8. The van der Waals surface area contributed by atoms with Crippen LogP contribution in [0.2, 0.25) is 0 Å². The lowest BCUT2D eigenvalue weighted by molar-refractivity contribution is 0.0480. The maximum absolute atomic E-state index is 5.88. The van der Waals surface area contributed by atoms with E-state index >= 15 is 0 Å². The smallest absolute Gasteiger partial charge is 0.0469 e. The number of rotatable bonds is 4. The van der Waals surface area contributed by atoms with E-state index in [0.717, 1.165) is 26.1 Å². The van der Waals surface area contributed by atoms with Gasteiger partial charge in [0.15, 0.2) is 0 Å². The third kappa shape index (κ3) is 2.07. The van der Waals surface area contributed by atoms with Gasteiger partial charge in [-0.25, -0.2) is 0 Å². The first-order valence-corrected chi connectivity index (χ1v) is 6.96. The second kappa shape index (κ2) is 5.00. The molecule has 0 aromatic heterocycles. The highest BCUT2D eigenvalue weighted by Gasteiger charge is 2.52. The largest absolute Gasteiger partial charge is 0.381 e. The predicted octanol–water partition coefficient (Wildman–Crippen LogP) is 1.98. The van der Waals surface area contributed by atoms with Gasteiger partial charge in [-0.2, -0.15) is 0 Å². The molecule has 1 atom stereocenters. The molecule has 1 aliphatic heterocycles. The Morgan fingerprint density at radius 1 is 1.17 bits per heavy atom. The highest BCUT2D eigenvalue weighted by molar-refractivity contribution is 5.34. The van der Waals surface area contributed by atoms with Crippen molar-refractivity contribution in [2.24, 2.45) is 11.8 Å². The lowest BCUT2D eigenvalue weighted by Crippen LogP contribution is -2.50. The maximum atomic E-state index is 5.88. The van der Waals surface area contributed by atoms with Crippen LogP contribution in [0, 0.1) is 5.92 Å². The second-order valence-electron chi connectivity index (χ2n) is 5.62. The quantitative estimate of drug-likeness (QED) is 0.631. The van der Waals surface area contributed by atoms with Crippen LogP contribution in [0.5, 0.6) is 0 Å². The summed E-state index contributed by atoms with van der Waals surface area (Å²) >= 11 is 0. The van der Waals surface area contributed by atoms with Crippen LogP contribution in [0.25, 0.3) is 0 Å². The van der Waals surface area contributed by atoms with E-state index in [-0.39, 0.29) is 5.41 Å². The Balaban J connectivity index is 1.82. The normalized spacial score (nSPS) is 24.7. The van der Waals surface area contributed by atoms with Gasteiger partial charge in [0.2, 0.25) is 0 Å². The minimum absolute atomic E-state index is 0.276. The first kappa shape index (κ1) is 12.2. The van der Waals surface area contributed by atoms with Crippen molar-refractivity contribution in [3.8, 4) is 0 Å². The van der Waals surface area contributed by atoms with Gasteiger partial charge in [0, 0.05) is 24.7 Å². The summed E-state index contributed by atoms with van der Waals surface area (Å²) in [7, 11) is 0. The second-order valence-corrected chi connectivity index (χ2v) is 5.62. The van der Waals surface area contributed by atoms with Gasteiger partial charge in [-0.05, 0) is 37.2 Å². The predicted molar refractivity (Wildman–Crippen MR) is 72.0 cm³/mol. The molecule has 18 heavy (non-hydrogen) atoms. The van der Waals surface area contributed by atoms with Gasteiger partial charge in [0.05, 0.1) is 0 Å². The molecule has 98 valence electrons. The molecule has 1 aromatic rings. The molecule has 1 heterocycles. The minimum atomic E-state index is 0.276. The average molecular weight is 246 g/mol. The molecule has 3 nitrogen and oxygen atoms in total. The Morgan fingerprint density at radius 2 is 1.83 bits per heavy atom. The van der Waals surface area contributed by atoms with Crippen molar-refractivity contribution in [2.45, 2.75) is 37.1 Å². The van der Waals surface area contributed by atoms with Gasteiger partial charge < -0.3 is 4.74 Å². The van der Waals surface area contributed by atoms with Gasteiger partial charge in [0.25, 0.3) is 0 Å². The van der Waals surface area contributed by atoms with Crippen molar-refractivity contribution < 1.29 is 4.74 Å².